The molecule has 2 heteroatoms. The topological polar surface area (TPSA) is 15.8 Å². The minimum Gasteiger partial charge on any atom is -0.453 e. The summed E-state index contributed by atoms with van der Waals surface area (Å²) < 4.78 is 0. The smallest absolute Gasteiger partial charge is 0.453 e. The fourth-order valence-electron chi connectivity index (χ4n) is 0.666. The van der Waals surface area contributed by atoms with E-state index in [4.69, 9.17) is 0 Å². The Morgan fingerprint density at radius 1 is 1.13 bits per heavy atom. The van der Waals surface area contributed by atoms with Gasteiger partial charge in [0.25, 0.3) is 0 Å². The molecule has 1 nitrogen and oxygen atoms in total. The van der Waals surface area contributed by atoms with E-state index in [9.17, 15) is 0 Å². The van der Waals surface area contributed by atoms with Crippen molar-refractivity contribution < 1.29 is 19.5 Å². The number of nitrogens with one attached hydrogen (secondary N) is 1. The molecule has 1 N–H and O–H groups in total. The zero-order valence-electron chi connectivity index (χ0n) is 10.3. The number of aromatic nitrogens is 1. The fraction of sp³-hybridized carbons (Fsp3) is 0.0769. The molecule has 0 aliphatic heterocycles. The van der Waals surface area contributed by atoms with Gasteiger partial charge < -0.3 is 34.7 Å². The van der Waals surface area contributed by atoms with E-state index in [0.29, 0.717) is 0 Å². The Morgan fingerprint density at radius 2 is 1.73 bits per heavy atom. The van der Waals surface area contributed by atoms with Crippen molar-refractivity contribution in [1.82, 2.24) is 4.98 Å². The Bertz CT molecular complexity index is 223. The van der Waals surface area contributed by atoms with Crippen molar-refractivity contribution in [3.8, 4) is 0 Å². The number of hydrogen-bond donors (Lipinski definition) is 1. The van der Waals surface area contributed by atoms with Gasteiger partial charge in [0.1, 0.15) is 0 Å². The van der Waals surface area contributed by atoms with Gasteiger partial charge in [0.15, 0.2) is 0 Å². The average Bonchev–Trinajstić information content (AvgIpc) is 2.41. The van der Waals surface area contributed by atoms with Crippen LogP contribution in [-0.2, 0) is 19.5 Å². The maximum Gasteiger partial charge on any atom is 5.00 e. The summed E-state index contributed by atoms with van der Waals surface area (Å²) in [7, 11) is 0. The Morgan fingerprint density at radius 3 is 2.13 bits per heavy atom. The molecule has 1 aromatic heterocycles. The maximum absolute atomic E-state index is 2.95. The van der Waals surface area contributed by atoms with E-state index in [1.165, 1.54) is 0 Å². The minimum absolute atomic E-state index is 0. The van der Waals surface area contributed by atoms with Gasteiger partial charge in [-0.25, -0.2) is 0 Å². The Hall–Kier alpha value is -0.617. The van der Waals surface area contributed by atoms with Gasteiger partial charge in [-0.05, 0) is 6.92 Å². The van der Waals surface area contributed by atoms with Crippen molar-refractivity contribution in [3.05, 3.63) is 72.0 Å². The molecule has 1 aromatic rings. The molecule has 0 saturated heterocycles. The van der Waals surface area contributed by atoms with Crippen LogP contribution in [0.15, 0.2) is 30.5 Å². The summed E-state index contributed by atoms with van der Waals surface area (Å²) in [6, 6.07) is 1.97. The summed E-state index contributed by atoms with van der Waals surface area (Å²) in [6.45, 7) is 1.99. The van der Waals surface area contributed by atoms with E-state index in [1.54, 1.807) is 0 Å². The maximum atomic E-state index is 2.95. The molecule has 0 aromatic carbocycles. The van der Waals surface area contributed by atoms with Crippen molar-refractivity contribution >= 4 is 6.08 Å². The molecule has 1 radical (unpaired) electrons. The number of H-pyrrole nitrogens is 1. The van der Waals surface area contributed by atoms with Gasteiger partial charge >= 0.3 is 19.5 Å². The summed E-state index contributed by atoms with van der Waals surface area (Å²) in [5.41, 5.74) is 1.08. The molecule has 0 bridgehead atoms. The van der Waals surface area contributed by atoms with Crippen molar-refractivity contribution in [1.29, 1.82) is 0 Å². The van der Waals surface area contributed by atoms with Crippen LogP contribution in [0.1, 0.15) is 12.5 Å². The van der Waals surface area contributed by atoms with Gasteiger partial charge in [-0.15, -0.1) is 23.9 Å². The van der Waals surface area contributed by atoms with Gasteiger partial charge in [0.05, 0.1) is 0 Å². The third-order valence-corrected chi connectivity index (χ3v) is 1.14. The first kappa shape index (κ1) is 29.3. The quantitative estimate of drug-likeness (QED) is 0.478. The molecule has 0 aliphatic rings. The normalized spacial score (nSPS) is 7.80. The molecular weight excluding hydrogens is 271 g/mol. The molecule has 0 unspecified atom stereocenters. The second kappa shape index (κ2) is 19.0. The van der Waals surface area contributed by atoms with Crippen LogP contribution < -0.4 is 0 Å². The van der Waals surface area contributed by atoms with E-state index in [2.05, 4.69) is 11.2 Å². The van der Waals surface area contributed by atoms with Crippen LogP contribution in [0.4, 0.5) is 0 Å². The largest absolute Gasteiger partial charge is 5.00 e. The Balaban J connectivity index is -0.0000000667. The third-order valence-electron chi connectivity index (χ3n) is 1.14. The van der Waals surface area contributed by atoms with Crippen LogP contribution in [0.5, 0.6) is 0 Å². The standard InChI is InChI=1S/C9H10N.4CH3.Ru/c1-2-3-4-5-9-6-7-10-8-9;;;;;/h2-7,10H,1H3;4*1H3;/q5*-1;+5. The molecule has 0 amide bonds. The Kier molecular flexibility index (Phi) is 37.1. The summed E-state index contributed by atoms with van der Waals surface area (Å²) in [5.74, 6) is 0. The SMILES string of the molecule is CC=CC=Cc1[c-][nH]cc1.[CH3-].[CH3-].[CH3-].[CH3-].[Ru+5]. The van der Waals surface area contributed by atoms with Crippen LogP contribution in [0.25, 0.3) is 6.08 Å². The van der Waals surface area contributed by atoms with E-state index < -0.39 is 0 Å². The molecule has 0 aliphatic carbocycles. The van der Waals surface area contributed by atoms with E-state index in [1.807, 2.05) is 43.5 Å². The van der Waals surface area contributed by atoms with Gasteiger partial charge in [0, 0.05) is 0 Å². The molecular formula is C13H22NRu. The third kappa shape index (κ3) is 13.4. The molecule has 87 valence electrons. The molecule has 0 saturated carbocycles. The fourth-order valence-corrected chi connectivity index (χ4v) is 0.666. The van der Waals surface area contributed by atoms with E-state index in [0.717, 1.165) is 5.56 Å². The van der Waals surface area contributed by atoms with Gasteiger partial charge in [0.2, 0.25) is 0 Å². The van der Waals surface area contributed by atoms with E-state index >= 15 is 0 Å². The monoisotopic (exact) mass is 294 g/mol. The van der Waals surface area contributed by atoms with E-state index in [-0.39, 0.29) is 49.2 Å². The van der Waals surface area contributed by atoms with Crippen LogP contribution in [-0.4, -0.2) is 4.98 Å². The molecule has 1 heterocycles. The number of allylic oxidation sites excluding steroid dienone is 3. The first-order chi connectivity index (χ1) is 4.93. The summed E-state index contributed by atoms with van der Waals surface area (Å²) in [5, 5.41) is 0. The van der Waals surface area contributed by atoms with Crippen molar-refractivity contribution in [2.24, 2.45) is 0 Å². The summed E-state index contributed by atoms with van der Waals surface area (Å²) >= 11 is 0. The van der Waals surface area contributed by atoms with Crippen LogP contribution in [0, 0.1) is 35.9 Å². The van der Waals surface area contributed by atoms with Crippen molar-refractivity contribution in [2.75, 3.05) is 0 Å². The second-order valence-corrected chi connectivity index (χ2v) is 1.94. The van der Waals surface area contributed by atoms with Crippen LogP contribution in [0.2, 0.25) is 0 Å². The number of rotatable bonds is 2. The predicted molar refractivity (Wildman–Crippen MR) is 69.1 cm³/mol. The van der Waals surface area contributed by atoms with Crippen molar-refractivity contribution in [3.63, 3.8) is 0 Å². The summed E-state index contributed by atoms with van der Waals surface area (Å²) in [4.78, 5) is 2.86. The second-order valence-electron chi connectivity index (χ2n) is 1.94. The predicted octanol–water partition coefficient (Wildman–Crippen LogP) is 4.20. The first-order valence-corrected chi connectivity index (χ1v) is 3.28. The molecule has 0 atom stereocenters. The average molecular weight is 293 g/mol. The zero-order valence-corrected chi connectivity index (χ0v) is 12.1. The van der Waals surface area contributed by atoms with Gasteiger partial charge in [-0.3, -0.25) is 0 Å². The molecule has 15 heavy (non-hydrogen) atoms. The number of aromatic amines is 1. The van der Waals surface area contributed by atoms with Crippen LogP contribution in [0.3, 0.4) is 0 Å². The summed E-state index contributed by atoms with van der Waals surface area (Å²) in [6.07, 6.45) is 12.8. The first-order valence-electron chi connectivity index (χ1n) is 3.28. The molecule has 0 spiro atoms. The van der Waals surface area contributed by atoms with Gasteiger partial charge in [-0.1, -0.05) is 18.3 Å². The van der Waals surface area contributed by atoms with Crippen LogP contribution >= 0.6 is 0 Å². The molecule has 1 rings (SSSR count). The minimum atomic E-state index is 0. The van der Waals surface area contributed by atoms with Crippen molar-refractivity contribution in [2.45, 2.75) is 6.92 Å². The van der Waals surface area contributed by atoms with Gasteiger partial charge in [-0.2, -0.15) is 6.07 Å². The molecule has 0 fully saturated rings. The zero-order chi connectivity index (χ0) is 7.23. The number of hydrogen-bond acceptors (Lipinski definition) is 0. The Labute approximate surface area is 109 Å².